The third-order valence-electron chi connectivity index (χ3n) is 7.76. The van der Waals surface area contributed by atoms with Crippen LogP contribution in [0, 0.1) is 0 Å². The first-order valence-electron chi connectivity index (χ1n) is 11.7. The molecule has 2 aliphatic rings. The van der Waals surface area contributed by atoms with Crippen LogP contribution in [0.1, 0.15) is 48.9 Å². The maximum atomic E-state index is 14.0. The normalized spacial score (nSPS) is 19.4. The van der Waals surface area contributed by atoms with E-state index in [0.717, 1.165) is 66.2 Å². The Morgan fingerprint density at radius 1 is 1.12 bits per heavy atom. The molecule has 6 heteroatoms. The van der Waals surface area contributed by atoms with Gasteiger partial charge in [0.15, 0.2) is 0 Å². The SMILES string of the molecule is CN(C(=O)C1(c2ccc(Cl)cc2)CCCC1)[C@@H]1CCc2c(CC(=O)O)c3ccccc3n2C1. The highest BCUT2D eigenvalue weighted by atomic mass is 35.5. The van der Waals surface area contributed by atoms with E-state index in [1.54, 1.807) is 0 Å². The van der Waals surface area contributed by atoms with Crippen molar-refractivity contribution < 1.29 is 14.7 Å². The lowest BCUT2D eigenvalue weighted by atomic mass is 9.77. The van der Waals surface area contributed by atoms with Crippen LogP contribution in [-0.2, 0) is 34.4 Å². The van der Waals surface area contributed by atoms with E-state index in [9.17, 15) is 14.7 Å². The number of hydrogen-bond donors (Lipinski definition) is 1. The van der Waals surface area contributed by atoms with Crippen molar-refractivity contribution >= 4 is 34.4 Å². The lowest BCUT2D eigenvalue weighted by Gasteiger charge is -2.39. The highest BCUT2D eigenvalue weighted by molar-refractivity contribution is 6.30. The number of amides is 1. The Balaban J connectivity index is 1.46. The molecule has 1 N–H and O–H groups in total. The zero-order chi connectivity index (χ0) is 23.2. The Labute approximate surface area is 199 Å². The molecule has 2 heterocycles. The number of fused-ring (bicyclic) bond motifs is 3. The van der Waals surface area contributed by atoms with Crippen LogP contribution in [0.5, 0.6) is 0 Å². The fraction of sp³-hybridized carbons (Fsp3) is 0.407. The Kier molecular flexibility index (Phi) is 5.69. The number of likely N-dealkylation sites (N-methyl/N-ethyl adjacent to an activating group) is 1. The van der Waals surface area contributed by atoms with Gasteiger partial charge in [0.25, 0.3) is 0 Å². The van der Waals surface area contributed by atoms with Crippen LogP contribution in [-0.4, -0.2) is 39.5 Å². The largest absolute Gasteiger partial charge is 0.481 e. The van der Waals surface area contributed by atoms with Gasteiger partial charge in [0, 0.05) is 41.3 Å². The van der Waals surface area contributed by atoms with Crippen LogP contribution in [0.3, 0.4) is 0 Å². The molecule has 2 aromatic carbocycles. The molecule has 172 valence electrons. The number of halogens is 1. The number of carboxylic acid groups (broad SMARTS) is 1. The van der Waals surface area contributed by atoms with Gasteiger partial charge < -0.3 is 14.6 Å². The summed E-state index contributed by atoms with van der Waals surface area (Å²) < 4.78 is 2.25. The number of aromatic nitrogens is 1. The summed E-state index contributed by atoms with van der Waals surface area (Å²) in [6, 6.07) is 15.9. The Morgan fingerprint density at radius 3 is 2.52 bits per heavy atom. The van der Waals surface area contributed by atoms with Gasteiger partial charge in [-0.15, -0.1) is 0 Å². The molecule has 1 fully saturated rings. The number of carbonyl (C=O) groups excluding carboxylic acids is 1. The van der Waals surface area contributed by atoms with Crippen LogP contribution in [0.4, 0.5) is 0 Å². The number of carbonyl (C=O) groups is 2. The number of benzene rings is 2. The molecule has 1 aliphatic heterocycles. The van der Waals surface area contributed by atoms with Gasteiger partial charge in [-0.05, 0) is 55.0 Å². The van der Waals surface area contributed by atoms with E-state index < -0.39 is 11.4 Å². The quantitative estimate of drug-likeness (QED) is 0.564. The summed E-state index contributed by atoms with van der Waals surface area (Å²) in [6.07, 6.45) is 5.48. The fourth-order valence-corrected chi connectivity index (χ4v) is 6.20. The smallest absolute Gasteiger partial charge is 0.307 e. The zero-order valence-corrected chi connectivity index (χ0v) is 19.6. The predicted octanol–water partition coefficient (Wildman–Crippen LogP) is 5.21. The van der Waals surface area contributed by atoms with Crippen molar-refractivity contribution in [3.8, 4) is 0 Å². The highest BCUT2D eigenvalue weighted by Crippen LogP contribution is 2.43. The van der Waals surface area contributed by atoms with Gasteiger partial charge in [0.05, 0.1) is 11.8 Å². The molecule has 5 nitrogen and oxygen atoms in total. The predicted molar refractivity (Wildman–Crippen MR) is 130 cm³/mol. The van der Waals surface area contributed by atoms with E-state index in [0.29, 0.717) is 11.6 Å². The Bertz CT molecular complexity index is 1210. The Morgan fingerprint density at radius 2 is 1.82 bits per heavy atom. The molecular formula is C27H29ClN2O3. The summed E-state index contributed by atoms with van der Waals surface area (Å²) in [5.41, 5.74) is 3.66. The molecule has 1 aliphatic carbocycles. The monoisotopic (exact) mass is 464 g/mol. The van der Waals surface area contributed by atoms with Crippen LogP contribution in [0.25, 0.3) is 10.9 Å². The zero-order valence-electron chi connectivity index (χ0n) is 18.9. The van der Waals surface area contributed by atoms with Gasteiger partial charge in [0.1, 0.15) is 0 Å². The number of para-hydroxylation sites is 1. The highest BCUT2D eigenvalue weighted by Gasteiger charge is 2.45. The molecule has 33 heavy (non-hydrogen) atoms. The summed E-state index contributed by atoms with van der Waals surface area (Å²) >= 11 is 6.12. The molecular weight excluding hydrogens is 436 g/mol. The minimum Gasteiger partial charge on any atom is -0.481 e. The van der Waals surface area contributed by atoms with Gasteiger partial charge >= 0.3 is 5.97 Å². The van der Waals surface area contributed by atoms with Crippen molar-refractivity contribution in [1.82, 2.24) is 9.47 Å². The van der Waals surface area contributed by atoms with Crippen LogP contribution in [0.2, 0.25) is 5.02 Å². The summed E-state index contributed by atoms with van der Waals surface area (Å²) in [5.74, 6) is -0.618. The van der Waals surface area contributed by atoms with Crippen molar-refractivity contribution in [2.24, 2.45) is 0 Å². The average Bonchev–Trinajstić information content (AvgIpc) is 3.43. The third kappa shape index (κ3) is 3.72. The minimum atomic E-state index is -0.810. The second-order valence-electron chi connectivity index (χ2n) is 9.53. The van der Waals surface area contributed by atoms with Crippen molar-refractivity contribution in [1.29, 1.82) is 0 Å². The number of nitrogens with zero attached hydrogens (tertiary/aromatic N) is 2. The van der Waals surface area contributed by atoms with E-state index in [1.165, 1.54) is 0 Å². The van der Waals surface area contributed by atoms with Crippen molar-refractivity contribution in [2.45, 2.75) is 62.9 Å². The number of aliphatic carboxylic acids is 1. The van der Waals surface area contributed by atoms with Gasteiger partial charge in [-0.1, -0.05) is 54.8 Å². The topological polar surface area (TPSA) is 62.5 Å². The van der Waals surface area contributed by atoms with Gasteiger partial charge in [-0.25, -0.2) is 0 Å². The van der Waals surface area contributed by atoms with Gasteiger partial charge in [0.2, 0.25) is 5.91 Å². The molecule has 0 radical (unpaired) electrons. The summed E-state index contributed by atoms with van der Waals surface area (Å²) in [4.78, 5) is 27.5. The summed E-state index contributed by atoms with van der Waals surface area (Å²) in [6.45, 7) is 0.689. The second kappa shape index (κ2) is 8.53. The first-order valence-corrected chi connectivity index (χ1v) is 12.1. The van der Waals surface area contributed by atoms with E-state index in [-0.39, 0.29) is 18.4 Å². The fourth-order valence-electron chi connectivity index (χ4n) is 6.07. The average molecular weight is 465 g/mol. The standard InChI is InChI=1S/C27H29ClN2O3/c1-29(26(33)27(14-4-5-15-27)18-8-10-19(28)11-9-18)20-12-13-24-22(16-25(31)32)21-6-2-3-7-23(21)30(24)17-20/h2-3,6-11,20H,4-5,12-17H2,1H3,(H,31,32)/t20-/m1/s1. The summed E-state index contributed by atoms with van der Waals surface area (Å²) in [5, 5.41) is 11.2. The lowest BCUT2D eigenvalue weighted by Crippen LogP contribution is -2.50. The third-order valence-corrected chi connectivity index (χ3v) is 8.01. The van der Waals surface area contributed by atoms with Crippen LogP contribution < -0.4 is 0 Å². The van der Waals surface area contributed by atoms with Gasteiger partial charge in [-0.3, -0.25) is 9.59 Å². The number of hydrogen-bond acceptors (Lipinski definition) is 2. The minimum absolute atomic E-state index is 0.0297. The second-order valence-corrected chi connectivity index (χ2v) is 9.96. The molecule has 0 bridgehead atoms. The maximum absolute atomic E-state index is 14.0. The molecule has 1 atom stereocenters. The molecule has 0 saturated heterocycles. The molecule has 0 unspecified atom stereocenters. The molecule has 1 amide bonds. The summed E-state index contributed by atoms with van der Waals surface area (Å²) in [7, 11) is 1.94. The van der Waals surface area contributed by atoms with Crippen LogP contribution in [0.15, 0.2) is 48.5 Å². The molecule has 1 saturated carbocycles. The van der Waals surface area contributed by atoms with E-state index in [4.69, 9.17) is 11.6 Å². The maximum Gasteiger partial charge on any atom is 0.307 e. The molecule has 5 rings (SSSR count). The molecule has 1 aromatic heterocycles. The van der Waals surface area contributed by atoms with Crippen molar-refractivity contribution in [2.75, 3.05) is 7.05 Å². The van der Waals surface area contributed by atoms with E-state index >= 15 is 0 Å². The number of rotatable bonds is 5. The number of carboxylic acids is 1. The van der Waals surface area contributed by atoms with Crippen molar-refractivity contribution in [3.63, 3.8) is 0 Å². The van der Waals surface area contributed by atoms with Gasteiger partial charge in [-0.2, -0.15) is 0 Å². The first kappa shape index (κ1) is 22.0. The van der Waals surface area contributed by atoms with Crippen LogP contribution >= 0.6 is 11.6 Å². The first-order chi connectivity index (χ1) is 15.9. The van der Waals surface area contributed by atoms with E-state index in [1.807, 2.05) is 54.4 Å². The Hall–Kier alpha value is -2.79. The lowest BCUT2D eigenvalue weighted by molar-refractivity contribution is -0.139. The molecule has 3 aromatic rings. The van der Waals surface area contributed by atoms with E-state index in [2.05, 4.69) is 10.6 Å². The van der Waals surface area contributed by atoms with Crippen molar-refractivity contribution in [3.05, 3.63) is 70.4 Å². The molecule has 0 spiro atoms.